The van der Waals surface area contributed by atoms with Crippen molar-refractivity contribution in [1.82, 2.24) is 9.97 Å². The minimum absolute atomic E-state index is 0.0719. The fraction of sp³-hybridized carbons (Fsp3) is 0.478. The number of methoxy groups -OCH3 is 1. The molecule has 1 saturated heterocycles. The topological polar surface area (TPSA) is 121 Å². The average molecular weight is 488 g/mol. The third-order valence-corrected chi connectivity index (χ3v) is 7.82. The molecule has 0 unspecified atom stereocenters. The quantitative estimate of drug-likeness (QED) is 0.583. The summed E-state index contributed by atoms with van der Waals surface area (Å²) in [7, 11) is 1.64. The zero-order valence-corrected chi connectivity index (χ0v) is 19.7. The van der Waals surface area contributed by atoms with Crippen LogP contribution in [0.5, 0.6) is 5.88 Å². The van der Waals surface area contributed by atoms with Gasteiger partial charge in [-0.2, -0.15) is 0 Å². The molecule has 1 aromatic heterocycles. The molecule has 1 saturated carbocycles. The first kappa shape index (κ1) is 23.0. The number of halogens is 1. The first-order valence-corrected chi connectivity index (χ1v) is 11.8. The predicted molar refractivity (Wildman–Crippen MR) is 125 cm³/mol. The Labute approximate surface area is 200 Å². The van der Waals surface area contributed by atoms with E-state index >= 15 is 0 Å². The first-order valence-electron chi connectivity index (χ1n) is 11.0. The van der Waals surface area contributed by atoms with E-state index in [0.29, 0.717) is 54.6 Å². The summed E-state index contributed by atoms with van der Waals surface area (Å²) in [6.07, 6.45) is 3.57. The maximum absolute atomic E-state index is 15.0. The zero-order chi connectivity index (χ0) is 23.9. The second kappa shape index (κ2) is 8.79. The number of hydrogen-bond donors (Lipinski definition) is 2. The van der Waals surface area contributed by atoms with Gasteiger partial charge in [-0.15, -0.1) is 0 Å². The standard InChI is InChI=1S/C23H26FN5O4S/c1-22(18-6-23(18,12-31-2)34-21(25)29-22)15-5-14(3-4-16(15)24)28-20(30)17-7-27-19(8-26-17)33-11-13-9-32-10-13/h3-5,7-8,13,18H,6,9-12H2,1-2H3,(H2,25,29)(H,28,30)/t18-,22-,23+/m0/s1. The lowest BCUT2D eigenvalue weighted by Crippen LogP contribution is -2.37. The number of carbonyl (C=O) groups excluding carboxylic acids is 1. The number of nitrogens with zero attached hydrogens (tertiary/aromatic N) is 3. The molecular formula is C23H26FN5O4S. The van der Waals surface area contributed by atoms with E-state index in [2.05, 4.69) is 20.3 Å². The third kappa shape index (κ3) is 4.23. The molecule has 34 heavy (non-hydrogen) atoms. The molecule has 0 spiro atoms. The zero-order valence-electron chi connectivity index (χ0n) is 18.9. The van der Waals surface area contributed by atoms with Gasteiger partial charge in [-0.3, -0.25) is 9.79 Å². The van der Waals surface area contributed by atoms with Gasteiger partial charge in [-0.05, 0) is 31.5 Å². The molecule has 2 aliphatic heterocycles. The van der Waals surface area contributed by atoms with Crippen LogP contribution >= 0.6 is 11.8 Å². The minimum Gasteiger partial charge on any atom is -0.476 e. The molecule has 9 nitrogen and oxygen atoms in total. The number of carbonyl (C=O) groups is 1. The highest BCUT2D eigenvalue weighted by atomic mass is 32.2. The molecule has 1 amide bonds. The highest BCUT2D eigenvalue weighted by molar-refractivity contribution is 8.15. The fourth-order valence-electron chi connectivity index (χ4n) is 4.61. The number of benzene rings is 1. The second-order valence-corrected chi connectivity index (χ2v) is 10.5. The van der Waals surface area contributed by atoms with E-state index in [-0.39, 0.29) is 16.4 Å². The van der Waals surface area contributed by atoms with Crippen molar-refractivity contribution < 1.29 is 23.4 Å². The number of hydrogen-bond acceptors (Lipinski definition) is 9. The molecule has 11 heteroatoms. The van der Waals surface area contributed by atoms with Gasteiger partial charge in [-0.25, -0.2) is 14.4 Å². The van der Waals surface area contributed by atoms with Gasteiger partial charge in [0.15, 0.2) is 5.17 Å². The van der Waals surface area contributed by atoms with Crippen LogP contribution in [0, 0.1) is 17.7 Å². The minimum atomic E-state index is -0.858. The molecule has 1 aliphatic carbocycles. The van der Waals surface area contributed by atoms with Crippen LogP contribution in [0.1, 0.15) is 29.4 Å². The molecule has 2 aromatic rings. The Bertz CT molecular complexity index is 1130. The Morgan fingerprint density at radius 2 is 2.18 bits per heavy atom. The largest absolute Gasteiger partial charge is 0.476 e. The lowest BCUT2D eigenvalue weighted by Gasteiger charge is -2.34. The molecule has 0 bridgehead atoms. The van der Waals surface area contributed by atoms with Crippen LogP contribution in [0.4, 0.5) is 10.1 Å². The van der Waals surface area contributed by atoms with Crippen molar-refractivity contribution in [3.63, 3.8) is 0 Å². The van der Waals surface area contributed by atoms with Crippen LogP contribution in [0.25, 0.3) is 0 Å². The van der Waals surface area contributed by atoms with Gasteiger partial charge in [0.25, 0.3) is 5.91 Å². The first-order chi connectivity index (χ1) is 16.3. The van der Waals surface area contributed by atoms with E-state index < -0.39 is 17.3 Å². The summed E-state index contributed by atoms with van der Waals surface area (Å²) in [6, 6.07) is 4.45. The Balaban J connectivity index is 1.31. The van der Waals surface area contributed by atoms with Gasteiger partial charge in [0.2, 0.25) is 5.88 Å². The SMILES string of the molecule is COC[C@]12C[C@H]1[C@](C)(c1cc(NC(=O)c3cnc(OCC4COC4)cn3)ccc1F)N=C(N)S2. The van der Waals surface area contributed by atoms with Gasteiger partial charge in [0, 0.05) is 30.2 Å². The van der Waals surface area contributed by atoms with E-state index in [1.54, 1.807) is 13.2 Å². The molecule has 2 fully saturated rings. The van der Waals surface area contributed by atoms with Crippen LogP contribution in [-0.4, -0.2) is 59.3 Å². The third-order valence-electron chi connectivity index (χ3n) is 6.55. The Morgan fingerprint density at radius 1 is 1.35 bits per heavy atom. The van der Waals surface area contributed by atoms with Crippen molar-refractivity contribution >= 4 is 28.5 Å². The van der Waals surface area contributed by atoms with Crippen molar-refractivity contribution in [2.24, 2.45) is 22.6 Å². The average Bonchev–Trinajstić information content (AvgIpc) is 3.49. The molecule has 180 valence electrons. The maximum Gasteiger partial charge on any atom is 0.275 e. The number of anilines is 1. The summed E-state index contributed by atoms with van der Waals surface area (Å²) < 4.78 is 30.8. The second-order valence-electron chi connectivity index (χ2n) is 9.06. The van der Waals surface area contributed by atoms with E-state index in [1.807, 2.05) is 6.92 Å². The Hall–Kier alpha value is -2.76. The molecule has 1 aromatic carbocycles. The fourth-order valence-corrected chi connectivity index (χ4v) is 6.06. The van der Waals surface area contributed by atoms with Crippen LogP contribution < -0.4 is 15.8 Å². The van der Waals surface area contributed by atoms with Crippen LogP contribution in [-0.2, 0) is 15.0 Å². The van der Waals surface area contributed by atoms with E-state index in [1.165, 1.54) is 36.3 Å². The number of nitrogens with two attached hydrogens (primary N) is 1. The number of rotatable bonds is 8. The number of aliphatic imine (C=N–C) groups is 1. The van der Waals surface area contributed by atoms with Gasteiger partial charge in [0.1, 0.15) is 11.5 Å². The van der Waals surface area contributed by atoms with E-state index in [9.17, 15) is 9.18 Å². The van der Waals surface area contributed by atoms with Gasteiger partial charge in [0.05, 0.1) is 49.1 Å². The molecule has 3 aliphatic rings. The summed E-state index contributed by atoms with van der Waals surface area (Å²) in [5.74, 6) is -0.0912. The highest BCUT2D eigenvalue weighted by Gasteiger charge is 2.66. The summed E-state index contributed by atoms with van der Waals surface area (Å²) in [4.78, 5) is 25.6. The van der Waals surface area contributed by atoms with E-state index in [4.69, 9.17) is 19.9 Å². The lowest BCUT2D eigenvalue weighted by molar-refractivity contribution is -0.0514. The normalized spacial score (nSPS) is 27.9. The Morgan fingerprint density at radius 3 is 2.85 bits per heavy atom. The number of amidine groups is 1. The number of ether oxygens (including phenoxy) is 3. The predicted octanol–water partition coefficient (Wildman–Crippen LogP) is 2.58. The van der Waals surface area contributed by atoms with Crippen molar-refractivity contribution in [2.45, 2.75) is 23.6 Å². The number of fused-ring (bicyclic) bond motifs is 1. The monoisotopic (exact) mass is 487 g/mol. The highest BCUT2D eigenvalue weighted by Crippen LogP contribution is 2.66. The van der Waals surface area contributed by atoms with Crippen LogP contribution in [0.2, 0.25) is 0 Å². The van der Waals surface area contributed by atoms with Gasteiger partial charge < -0.3 is 25.3 Å². The summed E-state index contributed by atoms with van der Waals surface area (Å²) in [5.41, 5.74) is 6.19. The number of amides is 1. The number of nitrogens with one attached hydrogen (secondary N) is 1. The van der Waals surface area contributed by atoms with Crippen molar-refractivity contribution in [2.75, 3.05) is 38.9 Å². The van der Waals surface area contributed by atoms with Gasteiger partial charge in [-0.1, -0.05) is 11.8 Å². The van der Waals surface area contributed by atoms with Crippen molar-refractivity contribution in [1.29, 1.82) is 0 Å². The molecule has 3 N–H and O–H groups in total. The number of thioether (sulfide) groups is 1. The Kier molecular flexibility index (Phi) is 5.95. The summed E-state index contributed by atoms with van der Waals surface area (Å²) in [5, 5.41) is 3.18. The van der Waals surface area contributed by atoms with Crippen LogP contribution in [0.3, 0.4) is 0 Å². The summed E-state index contributed by atoms with van der Waals surface area (Å²) in [6.45, 7) is 4.25. The lowest BCUT2D eigenvalue weighted by atomic mass is 9.85. The van der Waals surface area contributed by atoms with Crippen molar-refractivity contribution in [3.8, 4) is 5.88 Å². The summed E-state index contributed by atoms with van der Waals surface area (Å²) >= 11 is 1.49. The van der Waals surface area contributed by atoms with Gasteiger partial charge >= 0.3 is 0 Å². The molecule has 3 heterocycles. The van der Waals surface area contributed by atoms with Crippen molar-refractivity contribution in [3.05, 3.63) is 47.7 Å². The molecule has 3 atom stereocenters. The number of aromatic nitrogens is 2. The maximum atomic E-state index is 15.0. The molecule has 5 rings (SSSR count). The molecule has 0 radical (unpaired) electrons. The van der Waals surface area contributed by atoms with Crippen LogP contribution in [0.15, 0.2) is 35.6 Å². The van der Waals surface area contributed by atoms with E-state index in [0.717, 1.165) is 6.42 Å². The molecular weight excluding hydrogens is 461 g/mol. The smallest absolute Gasteiger partial charge is 0.275 e.